The highest BCUT2D eigenvalue weighted by Gasteiger charge is 2.21. The molecule has 1 atom stereocenters. The van der Waals surface area contributed by atoms with Crippen LogP contribution < -0.4 is 10.9 Å². The number of amides is 1. The predicted molar refractivity (Wildman–Crippen MR) is 108 cm³/mol. The minimum absolute atomic E-state index is 0.249. The van der Waals surface area contributed by atoms with Gasteiger partial charge in [-0.3, -0.25) is 9.59 Å². The van der Waals surface area contributed by atoms with Crippen LogP contribution in [0.2, 0.25) is 0 Å². The molecule has 0 saturated heterocycles. The third kappa shape index (κ3) is 4.31. The minimum Gasteiger partial charge on any atom is -0.324 e. The van der Waals surface area contributed by atoms with Crippen LogP contribution in [-0.2, 0) is 11.2 Å². The van der Waals surface area contributed by atoms with Gasteiger partial charge < -0.3 is 5.32 Å². The Hall–Kier alpha value is -3.21. The summed E-state index contributed by atoms with van der Waals surface area (Å²) in [5.74, 6) is -0.249. The molecule has 27 heavy (non-hydrogen) atoms. The van der Waals surface area contributed by atoms with Crippen LogP contribution in [0.1, 0.15) is 31.9 Å². The van der Waals surface area contributed by atoms with E-state index < -0.39 is 6.04 Å². The summed E-state index contributed by atoms with van der Waals surface area (Å²) < 4.78 is 1.28. The maximum atomic E-state index is 12.8. The van der Waals surface area contributed by atoms with Crippen molar-refractivity contribution in [2.24, 2.45) is 0 Å². The molecule has 0 fully saturated rings. The molecule has 1 amide bonds. The van der Waals surface area contributed by atoms with E-state index in [1.807, 2.05) is 61.5 Å². The Morgan fingerprint density at radius 3 is 2.33 bits per heavy atom. The molecule has 3 aromatic rings. The second-order valence-electron chi connectivity index (χ2n) is 6.33. The number of aromatic nitrogens is 2. The van der Waals surface area contributed by atoms with Crippen molar-refractivity contribution in [3.8, 4) is 11.3 Å². The van der Waals surface area contributed by atoms with Gasteiger partial charge in [0.1, 0.15) is 6.04 Å². The zero-order valence-corrected chi connectivity index (χ0v) is 15.6. The number of nitrogens with zero attached hydrogens (tertiary/aromatic N) is 2. The molecule has 0 radical (unpaired) electrons. The van der Waals surface area contributed by atoms with E-state index in [0.29, 0.717) is 17.8 Å². The van der Waals surface area contributed by atoms with E-state index in [0.717, 1.165) is 12.0 Å². The Morgan fingerprint density at radius 1 is 1.00 bits per heavy atom. The van der Waals surface area contributed by atoms with Gasteiger partial charge in [-0.2, -0.15) is 5.10 Å². The molecule has 1 aromatic heterocycles. The van der Waals surface area contributed by atoms with E-state index >= 15 is 0 Å². The second-order valence-corrected chi connectivity index (χ2v) is 6.33. The third-order valence-electron chi connectivity index (χ3n) is 4.51. The Bertz CT molecular complexity index is 963. The van der Waals surface area contributed by atoms with E-state index in [-0.39, 0.29) is 11.5 Å². The van der Waals surface area contributed by atoms with Gasteiger partial charge in [0, 0.05) is 17.3 Å². The summed E-state index contributed by atoms with van der Waals surface area (Å²) in [5, 5.41) is 7.34. The molecule has 0 aliphatic heterocycles. The van der Waals surface area contributed by atoms with Crippen molar-refractivity contribution in [2.75, 3.05) is 5.32 Å². The van der Waals surface area contributed by atoms with Gasteiger partial charge in [0.05, 0.1) is 5.69 Å². The second kappa shape index (κ2) is 8.45. The number of hydrogen-bond donors (Lipinski definition) is 1. The number of nitrogens with one attached hydrogen (secondary N) is 1. The Labute approximate surface area is 158 Å². The first-order valence-electron chi connectivity index (χ1n) is 9.17. The third-order valence-corrected chi connectivity index (χ3v) is 4.51. The van der Waals surface area contributed by atoms with Crippen LogP contribution in [0.3, 0.4) is 0 Å². The van der Waals surface area contributed by atoms with Gasteiger partial charge in [-0.15, -0.1) is 0 Å². The summed E-state index contributed by atoms with van der Waals surface area (Å²) in [6.07, 6.45) is 1.40. The van der Waals surface area contributed by atoms with Gasteiger partial charge in [0.15, 0.2) is 0 Å². The molecule has 3 rings (SSSR count). The van der Waals surface area contributed by atoms with Crippen molar-refractivity contribution in [3.05, 3.63) is 82.6 Å². The number of benzene rings is 2. The van der Waals surface area contributed by atoms with E-state index in [1.165, 1.54) is 16.3 Å². The summed E-state index contributed by atoms with van der Waals surface area (Å²) in [6.45, 7) is 3.95. The molecule has 0 aliphatic rings. The highest BCUT2D eigenvalue weighted by atomic mass is 16.2. The molecule has 0 aliphatic carbocycles. The van der Waals surface area contributed by atoms with Crippen LogP contribution >= 0.6 is 0 Å². The predicted octanol–water partition coefficient (Wildman–Crippen LogP) is 4.06. The first-order chi connectivity index (χ1) is 13.1. The van der Waals surface area contributed by atoms with Crippen LogP contribution in [-0.4, -0.2) is 15.7 Å². The number of aryl methyl sites for hydroxylation is 1. The standard InChI is InChI=1S/C22H23N3O2/c1-3-16-10-12-18(13-11-16)23-22(27)20(4-2)25-21(26)15-14-19(24-25)17-8-6-5-7-9-17/h5-15,20H,3-4H2,1-2H3,(H,23,27)/t20-/m1/s1. The van der Waals surface area contributed by atoms with Gasteiger partial charge in [-0.25, -0.2) is 4.68 Å². The van der Waals surface area contributed by atoms with Crippen LogP contribution in [0.5, 0.6) is 0 Å². The van der Waals surface area contributed by atoms with Crippen LogP contribution in [0, 0.1) is 0 Å². The van der Waals surface area contributed by atoms with Crippen LogP contribution in [0.25, 0.3) is 11.3 Å². The number of carbonyl (C=O) groups is 1. The fraction of sp³-hybridized carbons (Fsp3) is 0.227. The zero-order chi connectivity index (χ0) is 19.2. The molecule has 0 spiro atoms. The molecule has 2 aromatic carbocycles. The first kappa shape index (κ1) is 18.6. The minimum atomic E-state index is -0.674. The Balaban J connectivity index is 1.87. The lowest BCUT2D eigenvalue weighted by Crippen LogP contribution is -2.34. The van der Waals surface area contributed by atoms with Crippen LogP contribution in [0.4, 0.5) is 5.69 Å². The molecule has 5 nitrogen and oxygen atoms in total. The lowest BCUT2D eigenvalue weighted by molar-refractivity contribution is -0.119. The number of carbonyl (C=O) groups excluding carboxylic acids is 1. The van der Waals surface area contributed by atoms with Crippen molar-refractivity contribution < 1.29 is 4.79 Å². The lowest BCUT2D eigenvalue weighted by atomic mass is 10.1. The quantitative estimate of drug-likeness (QED) is 0.720. The zero-order valence-electron chi connectivity index (χ0n) is 15.6. The summed E-state index contributed by atoms with van der Waals surface area (Å²) in [4.78, 5) is 25.2. The van der Waals surface area contributed by atoms with Crippen molar-refractivity contribution in [1.29, 1.82) is 0 Å². The van der Waals surface area contributed by atoms with E-state index in [1.54, 1.807) is 6.07 Å². The fourth-order valence-electron chi connectivity index (χ4n) is 2.93. The lowest BCUT2D eigenvalue weighted by Gasteiger charge is -2.17. The van der Waals surface area contributed by atoms with Gasteiger partial charge >= 0.3 is 0 Å². The molecule has 0 bridgehead atoms. The molecular weight excluding hydrogens is 338 g/mol. The summed E-state index contributed by atoms with van der Waals surface area (Å²) in [5.41, 5.74) is 3.18. The van der Waals surface area contributed by atoms with Crippen molar-refractivity contribution in [2.45, 2.75) is 32.7 Å². The highest BCUT2D eigenvalue weighted by Crippen LogP contribution is 2.18. The first-order valence-corrected chi connectivity index (χ1v) is 9.17. The van der Waals surface area contributed by atoms with Crippen molar-refractivity contribution >= 4 is 11.6 Å². The molecule has 0 saturated carbocycles. The molecule has 0 unspecified atom stereocenters. The highest BCUT2D eigenvalue weighted by molar-refractivity contribution is 5.93. The van der Waals surface area contributed by atoms with E-state index in [2.05, 4.69) is 17.3 Å². The van der Waals surface area contributed by atoms with E-state index in [9.17, 15) is 9.59 Å². The number of rotatable bonds is 6. The largest absolute Gasteiger partial charge is 0.324 e. The summed E-state index contributed by atoms with van der Waals surface area (Å²) in [6, 6.07) is 19.8. The maximum Gasteiger partial charge on any atom is 0.267 e. The molecule has 1 heterocycles. The smallest absolute Gasteiger partial charge is 0.267 e. The maximum absolute atomic E-state index is 12.8. The topological polar surface area (TPSA) is 64.0 Å². The van der Waals surface area contributed by atoms with Crippen LogP contribution in [0.15, 0.2) is 71.5 Å². The Kier molecular flexibility index (Phi) is 5.81. The van der Waals surface area contributed by atoms with Gasteiger partial charge in [0.2, 0.25) is 5.91 Å². The molecular formula is C22H23N3O2. The Morgan fingerprint density at radius 2 is 1.70 bits per heavy atom. The number of anilines is 1. The van der Waals surface area contributed by atoms with Gasteiger partial charge in [-0.1, -0.05) is 56.3 Å². The fourth-order valence-corrected chi connectivity index (χ4v) is 2.93. The number of hydrogen-bond acceptors (Lipinski definition) is 3. The summed E-state index contributed by atoms with van der Waals surface area (Å²) >= 11 is 0. The molecule has 1 N–H and O–H groups in total. The molecule has 5 heteroatoms. The van der Waals surface area contributed by atoms with Gasteiger partial charge in [-0.05, 0) is 36.6 Å². The molecule has 138 valence electrons. The SMILES string of the molecule is CCc1ccc(NC(=O)[C@@H](CC)n2nc(-c3ccccc3)ccc2=O)cc1. The normalized spacial score (nSPS) is 11.8. The summed E-state index contributed by atoms with van der Waals surface area (Å²) in [7, 11) is 0. The van der Waals surface area contributed by atoms with Gasteiger partial charge in [0.25, 0.3) is 5.56 Å². The average molecular weight is 361 g/mol. The monoisotopic (exact) mass is 361 g/mol. The van der Waals surface area contributed by atoms with E-state index in [4.69, 9.17) is 0 Å². The van der Waals surface area contributed by atoms with Crippen molar-refractivity contribution in [3.63, 3.8) is 0 Å². The van der Waals surface area contributed by atoms with Crippen molar-refractivity contribution in [1.82, 2.24) is 9.78 Å². The average Bonchev–Trinajstić information content (AvgIpc) is 2.71.